The lowest BCUT2D eigenvalue weighted by Crippen LogP contribution is -2.35. The molecule has 0 spiro atoms. The molecule has 2 heterocycles. The second kappa shape index (κ2) is 9.62. The zero-order valence-electron chi connectivity index (χ0n) is 16.4. The lowest BCUT2D eigenvalue weighted by molar-refractivity contribution is -0.138. The normalized spacial score (nSPS) is 14.8. The van der Waals surface area contributed by atoms with Gasteiger partial charge in [-0.1, -0.05) is 13.3 Å². The number of ether oxygens (including phenoxy) is 1. The molecule has 0 aliphatic carbocycles. The number of halogens is 2. The van der Waals surface area contributed by atoms with Crippen LogP contribution in [0.4, 0.5) is 14.5 Å². The van der Waals surface area contributed by atoms with Crippen LogP contribution in [0, 0.1) is 17.6 Å². The van der Waals surface area contributed by atoms with Gasteiger partial charge in [-0.15, -0.1) is 0 Å². The van der Waals surface area contributed by atoms with Crippen LogP contribution in [0.2, 0.25) is 0 Å². The minimum atomic E-state index is -0.842. The van der Waals surface area contributed by atoms with E-state index < -0.39 is 17.6 Å². The van der Waals surface area contributed by atoms with Gasteiger partial charge in [0.1, 0.15) is 17.3 Å². The van der Waals surface area contributed by atoms with Gasteiger partial charge in [0.2, 0.25) is 5.88 Å². The molecule has 1 fully saturated rings. The minimum Gasteiger partial charge on any atom is -0.481 e. The summed E-state index contributed by atoms with van der Waals surface area (Å²) in [5.74, 6) is -1.60. The molecule has 1 aromatic heterocycles. The predicted molar refractivity (Wildman–Crippen MR) is 105 cm³/mol. The van der Waals surface area contributed by atoms with Crippen molar-refractivity contribution in [1.29, 1.82) is 0 Å². The highest BCUT2D eigenvalue weighted by molar-refractivity contribution is 5.67. The average molecular weight is 405 g/mol. The van der Waals surface area contributed by atoms with Crippen molar-refractivity contribution in [2.24, 2.45) is 5.92 Å². The number of hydrogen-bond acceptors (Lipinski definition) is 5. The maximum Gasteiger partial charge on any atom is 0.303 e. The highest BCUT2D eigenvalue weighted by Crippen LogP contribution is 2.32. The Hall–Kier alpha value is -2.77. The highest BCUT2D eigenvalue weighted by Gasteiger charge is 2.26. The van der Waals surface area contributed by atoms with Crippen molar-refractivity contribution < 1.29 is 23.4 Å². The molecule has 8 heteroatoms. The number of nitrogens with zero attached hydrogens (tertiary/aromatic N) is 3. The molecular formula is C21H25F2N3O3. The van der Waals surface area contributed by atoms with E-state index in [1.54, 1.807) is 11.0 Å². The Bertz CT molecular complexity index is 832. The van der Waals surface area contributed by atoms with Crippen LogP contribution >= 0.6 is 0 Å². The van der Waals surface area contributed by atoms with Crippen molar-refractivity contribution in [1.82, 2.24) is 9.97 Å². The van der Waals surface area contributed by atoms with E-state index in [1.807, 2.05) is 0 Å². The van der Waals surface area contributed by atoms with Gasteiger partial charge in [0.25, 0.3) is 0 Å². The van der Waals surface area contributed by atoms with Crippen LogP contribution in [-0.2, 0) is 4.79 Å². The van der Waals surface area contributed by atoms with Crippen LogP contribution in [-0.4, -0.2) is 40.7 Å². The number of carbonyl (C=O) groups is 1. The fourth-order valence-corrected chi connectivity index (χ4v) is 3.49. The van der Waals surface area contributed by atoms with Crippen molar-refractivity contribution in [2.75, 3.05) is 24.6 Å². The van der Waals surface area contributed by atoms with Crippen LogP contribution in [0.5, 0.6) is 5.88 Å². The second-order valence-electron chi connectivity index (χ2n) is 7.24. The van der Waals surface area contributed by atoms with Gasteiger partial charge in [-0.05, 0) is 37.3 Å². The molecule has 1 saturated heterocycles. The molecule has 0 atom stereocenters. The molecule has 1 N–H and O–H groups in total. The van der Waals surface area contributed by atoms with E-state index in [0.717, 1.165) is 12.8 Å². The summed E-state index contributed by atoms with van der Waals surface area (Å²) in [5.41, 5.74) is 0.156. The fourth-order valence-electron chi connectivity index (χ4n) is 3.49. The first-order chi connectivity index (χ1) is 14.0. The summed E-state index contributed by atoms with van der Waals surface area (Å²) in [4.78, 5) is 20.8. The SMILES string of the molecule is CCCCOc1ccnc(-c2cc(F)c(N3CCC(CC(=O)O)CC3)c(F)c2)n1. The standard InChI is InChI=1S/C21H25F2N3O3/c1-2-3-10-29-18-4-7-24-21(25-18)15-12-16(22)20(17(23)13-15)26-8-5-14(6-9-26)11-19(27)28/h4,7,12-14H,2-3,5-6,8-11H2,1H3,(H,27,28). The fraction of sp³-hybridized carbons (Fsp3) is 0.476. The van der Waals surface area contributed by atoms with Crippen LogP contribution in [0.3, 0.4) is 0 Å². The summed E-state index contributed by atoms with van der Waals surface area (Å²) in [5, 5.41) is 8.90. The Morgan fingerprint density at radius 3 is 2.59 bits per heavy atom. The number of piperidine rings is 1. The van der Waals surface area contributed by atoms with Crippen LogP contribution in [0.1, 0.15) is 39.0 Å². The zero-order valence-corrected chi connectivity index (χ0v) is 16.4. The van der Waals surface area contributed by atoms with Crippen molar-refractivity contribution in [3.8, 4) is 17.3 Å². The minimum absolute atomic E-state index is 0.0398. The molecule has 2 aromatic rings. The van der Waals surface area contributed by atoms with Crippen molar-refractivity contribution in [2.45, 2.75) is 39.0 Å². The van der Waals surface area contributed by atoms with Crippen molar-refractivity contribution >= 4 is 11.7 Å². The molecule has 0 bridgehead atoms. The van der Waals surface area contributed by atoms with E-state index in [0.29, 0.717) is 38.4 Å². The van der Waals surface area contributed by atoms with E-state index >= 15 is 0 Å². The average Bonchev–Trinajstić information content (AvgIpc) is 2.69. The van der Waals surface area contributed by atoms with E-state index in [-0.39, 0.29) is 29.4 Å². The third-order valence-electron chi connectivity index (χ3n) is 5.05. The molecule has 1 aliphatic heterocycles. The first-order valence-corrected chi connectivity index (χ1v) is 9.90. The summed E-state index contributed by atoms with van der Waals surface area (Å²) in [6, 6.07) is 4.07. The number of aromatic nitrogens is 2. The van der Waals surface area contributed by atoms with E-state index in [9.17, 15) is 13.6 Å². The molecule has 29 heavy (non-hydrogen) atoms. The Morgan fingerprint density at radius 1 is 1.28 bits per heavy atom. The first-order valence-electron chi connectivity index (χ1n) is 9.90. The third-order valence-corrected chi connectivity index (χ3v) is 5.05. The van der Waals surface area contributed by atoms with Gasteiger partial charge < -0.3 is 14.7 Å². The number of benzene rings is 1. The Morgan fingerprint density at radius 2 is 1.97 bits per heavy atom. The smallest absolute Gasteiger partial charge is 0.303 e. The van der Waals surface area contributed by atoms with Crippen LogP contribution in [0.25, 0.3) is 11.4 Å². The highest BCUT2D eigenvalue weighted by atomic mass is 19.1. The molecule has 1 aliphatic rings. The van der Waals surface area contributed by atoms with Crippen molar-refractivity contribution in [3.05, 3.63) is 36.0 Å². The van der Waals surface area contributed by atoms with Gasteiger partial charge in [-0.25, -0.2) is 13.8 Å². The molecule has 0 amide bonds. The Labute approximate surface area is 168 Å². The largest absolute Gasteiger partial charge is 0.481 e. The van der Waals surface area contributed by atoms with Gasteiger partial charge >= 0.3 is 5.97 Å². The molecule has 1 aromatic carbocycles. The second-order valence-corrected chi connectivity index (χ2v) is 7.24. The van der Waals surface area contributed by atoms with Crippen LogP contribution < -0.4 is 9.64 Å². The van der Waals surface area contributed by atoms with Gasteiger partial charge in [0.05, 0.1) is 6.61 Å². The van der Waals surface area contributed by atoms with Gasteiger partial charge in [-0.3, -0.25) is 4.79 Å². The Kier molecular flexibility index (Phi) is 6.95. The van der Waals surface area contributed by atoms with E-state index in [2.05, 4.69) is 16.9 Å². The zero-order chi connectivity index (χ0) is 20.8. The maximum absolute atomic E-state index is 14.8. The summed E-state index contributed by atoms with van der Waals surface area (Å²) >= 11 is 0. The molecule has 0 saturated carbocycles. The monoisotopic (exact) mass is 405 g/mol. The number of rotatable bonds is 8. The molecule has 0 unspecified atom stereocenters. The number of unbranched alkanes of at least 4 members (excludes halogenated alkanes) is 1. The predicted octanol–water partition coefficient (Wildman–Crippen LogP) is 4.29. The number of aliphatic carboxylic acids is 1. The quantitative estimate of drug-likeness (QED) is 0.661. The summed E-state index contributed by atoms with van der Waals surface area (Å²) in [6.45, 7) is 3.41. The number of carboxylic acids is 1. The topological polar surface area (TPSA) is 75.5 Å². The number of hydrogen-bond donors (Lipinski definition) is 1. The molecule has 6 nitrogen and oxygen atoms in total. The molecule has 3 rings (SSSR count). The third kappa shape index (κ3) is 5.40. The van der Waals surface area contributed by atoms with E-state index in [1.165, 1.54) is 18.3 Å². The molecule has 156 valence electrons. The summed E-state index contributed by atoms with van der Waals surface area (Å²) in [7, 11) is 0. The van der Waals surface area contributed by atoms with Crippen LogP contribution in [0.15, 0.2) is 24.4 Å². The number of carboxylic acid groups (broad SMARTS) is 1. The molecular weight excluding hydrogens is 380 g/mol. The first kappa shape index (κ1) is 21.0. The molecule has 0 radical (unpaired) electrons. The van der Waals surface area contributed by atoms with Gasteiger partial charge in [0.15, 0.2) is 5.82 Å². The van der Waals surface area contributed by atoms with Gasteiger partial charge in [0, 0.05) is 37.3 Å². The maximum atomic E-state index is 14.8. The van der Waals surface area contributed by atoms with Crippen molar-refractivity contribution in [3.63, 3.8) is 0 Å². The van der Waals surface area contributed by atoms with Gasteiger partial charge in [-0.2, -0.15) is 4.98 Å². The summed E-state index contributed by atoms with van der Waals surface area (Å²) in [6.07, 6.45) is 4.65. The lowest BCUT2D eigenvalue weighted by atomic mass is 9.93. The Balaban J connectivity index is 1.75. The summed E-state index contributed by atoms with van der Waals surface area (Å²) < 4.78 is 35.1. The lowest BCUT2D eigenvalue weighted by Gasteiger charge is -2.33. The van der Waals surface area contributed by atoms with E-state index in [4.69, 9.17) is 9.84 Å². The number of anilines is 1.